The fourth-order valence-corrected chi connectivity index (χ4v) is 6.71. The molecule has 1 aromatic carbocycles. The molecule has 4 aliphatic rings. The van der Waals surface area contributed by atoms with Crippen LogP contribution in [0.15, 0.2) is 35.9 Å². The monoisotopic (exact) mass is 567 g/mol. The van der Waals surface area contributed by atoms with Crippen LogP contribution in [0.25, 0.3) is 0 Å². The summed E-state index contributed by atoms with van der Waals surface area (Å²) in [4.78, 5) is 43.0. The van der Waals surface area contributed by atoms with Crippen molar-refractivity contribution in [2.45, 2.75) is 72.1 Å². The second-order valence-corrected chi connectivity index (χ2v) is 12.7. The van der Waals surface area contributed by atoms with E-state index < -0.39 is 4.92 Å². The molecule has 3 amide bonds. The highest BCUT2D eigenvalue weighted by Crippen LogP contribution is 2.59. The quantitative estimate of drug-likeness (QED) is 0.134. The first kappa shape index (κ1) is 31.0. The van der Waals surface area contributed by atoms with E-state index in [1.54, 1.807) is 17.0 Å². The molecule has 2 atom stereocenters. The minimum absolute atomic E-state index is 0.0261. The van der Waals surface area contributed by atoms with Crippen LogP contribution in [0.2, 0.25) is 0 Å². The van der Waals surface area contributed by atoms with Gasteiger partial charge in [0.05, 0.1) is 4.92 Å². The van der Waals surface area contributed by atoms with Gasteiger partial charge in [0.2, 0.25) is 0 Å². The van der Waals surface area contributed by atoms with E-state index in [0.717, 1.165) is 38.3 Å². The van der Waals surface area contributed by atoms with Gasteiger partial charge in [0, 0.05) is 70.1 Å². The van der Waals surface area contributed by atoms with E-state index in [1.807, 2.05) is 4.90 Å². The summed E-state index contributed by atoms with van der Waals surface area (Å²) in [6.45, 7) is 12.3. The third-order valence-electron chi connectivity index (χ3n) is 9.70. The lowest BCUT2D eigenvalue weighted by atomic mass is 9.49. The van der Waals surface area contributed by atoms with Gasteiger partial charge < -0.3 is 15.1 Å². The molecule has 2 unspecified atom stereocenters. The lowest BCUT2D eigenvalue weighted by Gasteiger charge is -2.57. The van der Waals surface area contributed by atoms with Crippen LogP contribution >= 0.6 is 0 Å². The molecule has 226 valence electrons. The molecule has 1 aliphatic heterocycles. The van der Waals surface area contributed by atoms with Crippen LogP contribution in [0.5, 0.6) is 0 Å². The maximum absolute atomic E-state index is 13.3. The Labute approximate surface area is 245 Å². The van der Waals surface area contributed by atoms with Crippen molar-refractivity contribution in [3.63, 3.8) is 0 Å². The smallest absolute Gasteiger partial charge is 0.317 e. The molecule has 1 heterocycles. The van der Waals surface area contributed by atoms with Gasteiger partial charge >= 0.3 is 6.03 Å². The molecule has 1 N–H and O–H groups in total. The van der Waals surface area contributed by atoms with Gasteiger partial charge in [-0.2, -0.15) is 0 Å². The number of nitro groups is 1. The summed E-state index contributed by atoms with van der Waals surface area (Å²) in [6, 6.07) is 5.97. The van der Waals surface area contributed by atoms with E-state index in [4.69, 9.17) is 0 Å². The van der Waals surface area contributed by atoms with Crippen molar-refractivity contribution in [3.05, 3.63) is 51.6 Å². The second-order valence-electron chi connectivity index (χ2n) is 12.7. The molecular formula is C32H49N5O4. The molecule has 0 radical (unpaired) electrons. The molecule has 2 fully saturated rings. The van der Waals surface area contributed by atoms with Crippen molar-refractivity contribution in [1.29, 1.82) is 0 Å². The number of amides is 3. The van der Waals surface area contributed by atoms with Gasteiger partial charge in [0.15, 0.2) is 0 Å². The minimum Gasteiger partial charge on any atom is -0.338 e. The number of allylic oxidation sites excluding steroid dienone is 1. The molecule has 2 bridgehead atoms. The summed E-state index contributed by atoms with van der Waals surface area (Å²) in [7, 11) is 0. The molecule has 1 saturated carbocycles. The van der Waals surface area contributed by atoms with E-state index in [9.17, 15) is 19.7 Å². The summed E-state index contributed by atoms with van der Waals surface area (Å²) >= 11 is 0. The van der Waals surface area contributed by atoms with E-state index in [0.29, 0.717) is 56.2 Å². The first-order valence-electron chi connectivity index (χ1n) is 15.7. The Morgan fingerprint density at radius 3 is 2.51 bits per heavy atom. The molecule has 41 heavy (non-hydrogen) atoms. The molecule has 1 saturated heterocycles. The Kier molecular flexibility index (Phi) is 10.8. The minimum atomic E-state index is -0.474. The van der Waals surface area contributed by atoms with Gasteiger partial charge in [-0.1, -0.05) is 70.6 Å². The topological polar surface area (TPSA) is 99.0 Å². The Morgan fingerprint density at radius 2 is 1.83 bits per heavy atom. The Morgan fingerprint density at radius 1 is 1.10 bits per heavy atom. The number of benzene rings is 1. The summed E-state index contributed by atoms with van der Waals surface area (Å²) in [6.07, 6.45) is 11.9. The van der Waals surface area contributed by atoms with E-state index in [-0.39, 0.29) is 17.6 Å². The van der Waals surface area contributed by atoms with Crippen molar-refractivity contribution in [2.24, 2.45) is 17.3 Å². The number of carbonyl (C=O) groups excluding carboxylic acids is 2. The van der Waals surface area contributed by atoms with Gasteiger partial charge in [-0.05, 0) is 42.6 Å². The molecule has 3 aliphatic carbocycles. The predicted molar refractivity (Wildman–Crippen MR) is 162 cm³/mol. The highest BCUT2D eigenvalue weighted by Gasteiger charge is 2.51. The van der Waals surface area contributed by atoms with E-state index in [2.05, 4.69) is 37.1 Å². The summed E-state index contributed by atoms with van der Waals surface area (Å²) < 4.78 is 0. The fourth-order valence-electron chi connectivity index (χ4n) is 6.71. The number of urea groups is 1. The van der Waals surface area contributed by atoms with Crippen LogP contribution < -0.4 is 5.32 Å². The standard InChI is InChI=1S/C32H49N5O4/c1-4-5-6-7-8-9-15-33-31(39)36(24-26-13-14-27-23-29(26)32(27,2)3)21-18-34-16-19-35(20-17-34)30(38)25-11-10-12-28(22-25)37(40)41/h10-13,22,27,29H,4-9,14-21,23-24H2,1-3H3,(H,33,39). The number of piperazine rings is 1. The SMILES string of the molecule is CCCCCCCCNC(=O)N(CCN1CCN(C(=O)c2cccc([N+](=O)[O-])c2)CC1)CC1=CCC2CC1C2(C)C. The number of fused-ring (bicyclic) bond motifs is 1. The number of rotatable bonds is 14. The Hall–Kier alpha value is -2.94. The van der Waals surface area contributed by atoms with Crippen molar-refractivity contribution in [1.82, 2.24) is 20.0 Å². The lowest BCUT2D eigenvalue weighted by Crippen LogP contribution is -2.53. The highest BCUT2D eigenvalue weighted by atomic mass is 16.6. The number of hydrogen-bond donors (Lipinski definition) is 1. The maximum atomic E-state index is 13.3. The largest absolute Gasteiger partial charge is 0.338 e. The maximum Gasteiger partial charge on any atom is 0.317 e. The van der Waals surface area contributed by atoms with Crippen LogP contribution in [0.4, 0.5) is 10.5 Å². The zero-order valence-electron chi connectivity index (χ0n) is 25.3. The number of hydrogen-bond acceptors (Lipinski definition) is 5. The Bertz CT molecular complexity index is 1100. The first-order valence-corrected chi connectivity index (χ1v) is 15.7. The summed E-state index contributed by atoms with van der Waals surface area (Å²) in [5.41, 5.74) is 2.02. The van der Waals surface area contributed by atoms with Gasteiger partial charge in [0.1, 0.15) is 0 Å². The van der Waals surface area contributed by atoms with Crippen LogP contribution in [0.3, 0.4) is 0 Å². The van der Waals surface area contributed by atoms with Crippen LogP contribution in [0.1, 0.15) is 82.5 Å². The molecule has 0 spiro atoms. The van der Waals surface area contributed by atoms with Crippen LogP contribution in [0, 0.1) is 27.4 Å². The number of non-ortho nitro benzene ring substituents is 1. The molecular weight excluding hydrogens is 518 g/mol. The van der Waals surface area contributed by atoms with E-state index in [1.165, 1.54) is 49.8 Å². The number of nitro benzene ring substituents is 1. The fraction of sp³-hybridized carbons (Fsp3) is 0.688. The normalized spacial score (nSPS) is 21.5. The molecule has 5 rings (SSSR count). The van der Waals surface area contributed by atoms with Crippen molar-refractivity contribution >= 4 is 17.6 Å². The molecule has 9 heteroatoms. The van der Waals surface area contributed by atoms with Crippen molar-refractivity contribution < 1.29 is 14.5 Å². The zero-order valence-corrected chi connectivity index (χ0v) is 25.3. The molecule has 9 nitrogen and oxygen atoms in total. The van der Waals surface area contributed by atoms with Gasteiger partial charge in [-0.25, -0.2) is 4.79 Å². The van der Waals surface area contributed by atoms with Crippen LogP contribution in [-0.2, 0) is 0 Å². The molecule has 0 aromatic heterocycles. The van der Waals surface area contributed by atoms with Gasteiger partial charge in [0.25, 0.3) is 11.6 Å². The van der Waals surface area contributed by atoms with Crippen molar-refractivity contribution in [2.75, 3.05) is 52.4 Å². The van der Waals surface area contributed by atoms with Gasteiger partial charge in [-0.3, -0.25) is 19.8 Å². The average Bonchev–Trinajstić information content (AvgIpc) is 2.98. The number of carbonyl (C=O) groups is 2. The third-order valence-corrected chi connectivity index (χ3v) is 9.70. The Balaban J connectivity index is 1.28. The zero-order chi connectivity index (χ0) is 29.4. The first-order chi connectivity index (χ1) is 19.7. The number of nitrogens with zero attached hydrogens (tertiary/aromatic N) is 4. The van der Waals surface area contributed by atoms with E-state index >= 15 is 0 Å². The highest BCUT2D eigenvalue weighted by molar-refractivity contribution is 5.94. The molecule has 1 aromatic rings. The lowest BCUT2D eigenvalue weighted by molar-refractivity contribution is -0.384. The summed E-state index contributed by atoms with van der Waals surface area (Å²) in [5, 5.41) is 14.3. The number of unbranched alkanes of at least 4 members (excludes halogenated alkanes) is 5. The summed E-state index contributed by atoms with van der Waals surface area (Å²) in [5.74, 6) is 1.17. The third kappa shape index (κ3) is 7.87. The predicted octanol–water partition coefficient (Wildman–Crippen LogP) is 5.72. The average molecular weight is 568 g/mol. The number of nitrogens with one attached hydrogen (secondary N) is 1. The van der Waals surface area contributed by atoms with Crippen molar-refractivity contribution in [3.8, 4) is 0 Å². The second kappa shape index (κ2) is 14.3. The van der Waals surface area contributed by atoms with Crippen LogP contribution in [-0.4, -0.2) is 83.9 Å². The van der Waals surface area contributed by atoms with Gasteiger partial charge in [-0.15, -0.1) is 0 Å².